The zero-order valence-corrected chi connectivity index (χ0v) is 14.1. The molecular weight excluding hydrogens is 324 g/mol. The summed E-state index contributed by atoms with van der Waals surface area (Å²) in [4.78, 5) is 12.0. The third kappa shape index (κ3) is 5.21. The fourth-order valence-corrected chi connectivity index (χ4v) is 3.52. The molecule has 5 nitrogen and oxygen atoms in total. The Bertz CT molecular complexity index is 866. The number of aryl methyl sites for hydroxylation is 1. The van der Waals surface area contributed by atoms with Crippen molar-refractivity contribution >= 4 is 21.4 Å². The van der Waals surface area contributed by atoms with Gasteiger partial charge >= 0.3 is 0 Å². The second-order valence-electron chi connectivity index (χ2n) is 5.44. The van der Waals surface area contributed by atoms with Crippen molar-refractivity contribution in [2.24, 2.45) is 0 Å². The number of anilines is 1. The van der Waals surface area contributed by atoms with Gasteiger partial charge in [0.1, 0.15) is 5.75 Å². The molecule has 0 aliphatic carbocycles. The van der Waals surface area contributed by atoms with Gasteiger partial charge in [0.15, 0.2) is 9.84 Å². The minimum absolute atomic E-state index is 0.235. The van der Waals surface area contributed by atoms with Crippen molar-refractivity contribution in [2.75, 3.05) is 11.1 Å². The minimum Gasteiger partial charge on any atom is -0.325 e. The number of nitrogens with one attached hydrogen (secondary N) is 1. The van der Waals surface area contributed by atoms with E-state index < -0.39 is 21.5 Å². The molecule has 0 fully saturated rings. The van der Waals surface area contributed by atoms with Crippen LogP contribution in [0.4, 0.5) is 5.69 Å². The van der Waals surface area contributed by atoms with Crippen LogP contribution in [0.3, 0.4) is 0 Å². The van der Waals surface area contributed by atoms with Crippen LogP contribution in [0.2, 0.25) is 0 Å². The van der Waals surface area contributed by atoms with Gasteiger partial charge in [0.2, 0.25) is 5.91 Å². The summed E-state index contributed by atoms with van der Waals surface area (Å²) >= 11 is 0. The van der Waals surface area contributed by atoms with Crippen LogP contribution in [0.15, 0.2) is 48.5 Å². The maximum Gasteiger partial charge on any atom is 0.239 e. The Labute approximate surface area is 141 Å². The molecule has 0 aromatic heterocycles. The third-order valence-corrected chi connectivity index (χ3v) is 4.91. The Balaban J connectivity index is 1.99. The molecule has 0 atom stereocenters. The predicted molar refractivity (Wildman–Crippen MR) is 93.1 cm³/mol. The van der Waals surface area contributed by atoms with Crippen molar-refractivity contribution in [3.8, 4) is 6.07 Å². The van der Waals surface area contributed by atoms with Gasteiger partial charge in [-0.05, 0) is 41.8 Å². The summed E-state index contributed by atoms with van der Waals surface area (Å²) in [5, 5.41) is 11.4. The zero-order chi connectivity index (χ0) is 17.6. The average molecular weight is 342 g/mol. The van der Waals surface area contributed by atoms with Crippen LogP contribution in [-0.2, 0) is 26.8 Å². The summed E-state index contributed by atoms with van der Waals surface area (Å²) in [6.45, 7) is 2.00. The molecule has 1 amide bonds. The second-order valence-corrected chi connectivity index (χ2v) is 7.51. The van der Waals surface area contributed by atoms with Crippen LogP contribution in [-0.4, -0.2) is 20.1 Å². The smallest absolute Gasteiger partial charge is 0.239 e. The Morgan fingerprint density at radius 3 is 2.46 bits per heavy atom. The predicted octanol–water partition coefficient (Wildman–Crippen LogP) is 2.67. The van der Waals surface area contributed by atoms with E-state index in [1.165, 1.54) is 0 Å². The first-order chi connectivity index (χ1) is 11.4. The number of sulfone groups is 1. The molecule has 2 aromatic rings. The topological polar surface area (TPSA) is 87.0 Å². The fraction of sp³-hybridized carbons (Fsp3) is 0.222. The number of amides is 1. The highest BCUT2D eigenvalue weighted by Crippen LogP contribution is 2.12. The van der Waals surface area contributed by atoms with E-state index in [9.17, 15) is 13.2 Å². The van der Waals surface area contributed by atoms with Gasteiger partial charge in [0.25, 0.3) is 0 Å². The van der Waals surface area contributed by atoms with Gasteiger partial charge < -0.3 is 5.32 Å². The maximum absolute atomic E-state index is 12.2. The van der Waals surface area contributed by atoms with Gasteiger partial charge in [-0.2, -0.15) is 5.26 Å². The lowest BCUT2D eigenvalue weighted by atomic mass is 10.1. The molecule has 0 spiro atoms. The van der Waals surface area contributed by atoms with Crippen molar-refractivity contribution in [1.29, 1.82) is 5.26 Å². The Kier molecular flexibility index (Phi) is 5.72. The van der Waals surface area contributed by atoms with Crippen LogP contribution in [0.5, 0.6) is 0 Å². The lowest BCUT2D eigenvalue weighted by Crippen LogP contribution is -2.24. The van der Waals surface area contributed by atoms with Gasteiger partial charge in [-0.3, -0.25) is 4.79 Å². The number of hydrogen-bond acceptors (Lipinski definition) is 4. The first-order valence-corrected chi connectivity index (χ1v) is 9.32. The summed E-state index contributed by atoms with van der Waals surface area (Å²) in [7, 11) is -3.58. The molecule has 0 saturated carbocycles. The van der Waals surface area contributed by atoms with E-state index in [0.717, 1.165) is 12.0 Å². The van der Waals surface area contributed by atoms with E-state index in [2.05, 4.69) is 5.32 Å². The average Bonchev–Trinajstić information content (AvgIpc) is 2.54. The van der Waals surface area contributed by atoms with Crippen LogP contribution in [0.1, 0.15) is 23.6 Å². The molecule has 0 bridgehead atoms. The molecule has 0 aliphatic rings. The highest BCUT2D eigenvalue weighted by atomic mass is 32.2. The second kappa shape index (κ2) is 7.75. The highest BCUT2D eigenvalue weighted by molar-refractivity contribution is 7.91. The molecule has 0 unspecified atom stereocenters. The SMILES string of the molecule is CCc1cccc(NC(=O)CS(=O)(=O)Cc2ccc(C#N)cc2)c1. The standard InChI is InChI=1S/C18H18N2O3S/c1-2-14-4-3-5-17(10-14)20-18(21)13-24(22,23)12-16-8-6-15(11-19)7-9-16/h3-10H,2,12-13H2,1H3,(H,20,21). The molecule has 0 radical (unpaired) electrons. The molecule has 0 saturated heterocycles. The molecular formula is C18H18N2O3S. The largest absolute Gasteiger partial charge is 0.325 e. The Morgan fingerprint density at radius 2 is 1.83 bits per heavy atom. The van der Waals surface area contributed by atoms with Crippen molar-refractivity contribution in [1.82, 2.24) is 0 Å². The molecule has 0 heterocycles. The van der Waals surface area contributed by atoms with E-state index in [1.807, 2.05) is 31.2 Å². The molecule has 24 heavy (non-hydrogen) atoms. The number of nitriles is 1. The van der Waals surface area contributed by atoms with E-state index in [0.29, 0.717) is 16.8 Å². The number of hydrogen-bond donors (Lipinski definition) is 1. The molecule has 2 aromatic carbocycles. The first-order valence-electron chi connectivity index (χ1n) is 7.50. The lowest BCUT2D eigenvalue weighted by molar-refractivity contribution is -0.113. The quantitative estimate of drug-likeness (QED) is 0.874. The molecule has 0 aliphatic heterocycles. The Morgan fingerprint density at radius 1 is 1.12 bits per heavy atom. The van der Waals surface area contributed by atoms with Crippen LogP contribution < -0.4 is 5.32 Å². The summed E-state index contributed by atoms with van der Waals surface area (Å²) in [5.41, 5.74) is 2.67. The lowest BCUT2D eigenvalue weighted by Gasteiger charge is -2.08. The summed E-state index contributed by atoms with van der Waals surface area (Å²) in [6.07, 6.45) is 0.834. The van der Waals surface area contributed by atoms with Gasteiger partial charge in [-0.15, -0.1) is 0 Å². The number of rotatable bonds is 6. The van der Waals surface area contributed by atoms with Crippen LogP contribution in [0, 0.1) is 11.3 Å². The van der Waals surface area contributed by atoms with Crippen molar-refractivity contribution in [3.05, 3.63) is 65.2 Å². The van der Waals surface area contributed by atoms with Crippen molar-refractivity contribution in [3.63, 3.8) is 0 Å². The van der Waals surface area contributed by atoms with E-state index in [4.69, 9.17) is 5.26 Å². The van der Waals surface area contributed by atoms with Gasteiger partial charge in [-0.1, -0.05) is 31.2 Å². The molecule has 1 N–H and O–H groups in total. The highest BCUT2D eigenvalue weighted by Gasteiger charge is 2.17. The Hall–Kier alpha value is -2.65. The monoisotopic (exact) mass is 342 g/mol. The summed E-state index contributed by atoms with van der Waals surface area (Å²) in [6, 6.07) is 15.6. The van der Waals surface area contributed by atoms with Crippen LogP contribution >= 0.6 is 0 Å². The minimum atomic E-state index is -3.58. The fourth-order valence-electron chi connectivity index (χ4n) is 2.25. The normalized spacial score (nSPS) is 10.8. The summed E-state index contributed by atoms with van der Waals surface area (Å²) < 4.78 is 24.3. The van der Waals surface area contributed by atoms with E-state index in [1.54, 1.807) is 30.3 Å². The van der Waals surface area contributed by atoms with Gasteiger partial charge in [0, 0.05) is 5.69 Å². The van der Waals surface area contributed by atoms with E-state index in [-0.39, 0.29) is 5.75 Å². The molecule has 2 rings (SSSR count). The molecule has 124 valence electrons. The van der Waals surface area contributed by atoms with Crippen molar-refractivity contribution in [2.45, 2.75) is 19.1 Å². The number of carbonyl (C=O) groups is 1. The summed E-state index contributed by atoms with van der Waals surface area (Å²) in [5.74, 6) is -1.37. The van der Waals surface area contributed by atoms with Crippen molar-refractivity contribution < 1.29 is 13.2 Å². The number of nitrogens with zero attached hydrogens (tertiary/aromatic N) is 1. The first kappa shape index (κ1) is 17.7. The van der Waals surface area contributed by atoms with Gasteiger partial charge in [0.05, 0.1) is 17.4 Å². The van der Waals surface area contributed by atoms with E-state index >= 15 is 0 Å². The third-order valence-electron chi connectivity index (χ3n) is 3.44. The number of carbonyl (C=O) groups excluding carboxylic acids is 1. The zero-order valence-electron chi connectivity index (χ0n) is 13.3. The molecule has 6 heteroatoms. The van der Waals surface area contributed by atoms with Gasteiger partial charge in [-0.25, -0.2) is 8.42 Å². The van der Waals surface area contributed by atoms with Crippen LogP contribution in [0.25, 0.3) is 0 Å². The number of benzene rings is 2. The maximum atomic E-state index is 12.2.